The van der Waals surface area contributed by atoms with Gasteiger partial charge in [-0.05, 0) is 6.07 Å². The molecule has 0 radical (unpaired) electrons. The Morgan fingerprint density at radius 3 is 2.69 bits per heavy atom. The molecule has 0 aliphatic rings. The number of ether oxygens (including phenoxy) is 2. The van der Waals surface area contributed by atoms with Gasteiger partial charge in [-0.2, -0.15) is 0 Å². The molecular weight excluding hydrogens is 228 g/mol. The van der Waals surface area contributed by atoms with E-state index in [0.29, 0.717) is 17.3 Å². The van der Waals surface area contributed by atoms with Crippen LogP contribution in [-0.2, 0) is 10.5 Å². The molecule has 1 N–H and O–H groups in total. The quantitative estimate of drug-likeness (QED) is 0.827. The van der Waals surface area contributed by atoms with Crippen molar-refractivity contribution in [2.75, 3.05) is 20.0 Å². The van der Waals surface area contributed by atoms with Gasteiger partial charge in [0.05, 0.1) is 20.0 Å². The number of para-hydroxylation sites is 1. The highest BCUT2D eigenvalue weighted by molar-refractivity contribution is 7.99. The van der Waals surface area contributed by atoms with Crippen molar-refractivity contribution in [2.24, 2.45) is 0 Å². The van der Waals surface area contributed by atoms with Gasteiger partial charge in [0.15, 0.2) is 11.5 Å². The zero-order valence-electron chi connectivity index (χ0n) is 9.23. The SMILES string of the molecule is COc1cccc(CSCC(=O)O)c1OC. The van der Waals surface area contributed by atoms with Gasteiger partial charge in [-0.15, -0.1) is 11.8 Å². The first kappa shape index (κ1) is 12.7. The van der Waals surface area contributed by atoms with E-state index in [1.807, 2.05) is 18.2 Å². The Balaban J connectivity index is 2.74. The summed E-state index contributed by atoms with van der Waals surface area (Å²) in [7, 11) is 3.15. The second kappa shape index (κ2) is 6.27. The Morgan fingerprint density at radius 1 is 1.38 bits per heavy atom. The summed E-state index contributed by atoms with van der Waals surface area (Å²) in [5.74, 6) is 1.19. The Bertz CT molecular complexity index is 365. The summed E-state index contributed by atoms with van der Waals surface area (Å²) >= 11 is 1.33. The Labute approximate surface area is 98.6 Å². The number of benzene rings is 1. The topological polar surface area (TPSA) is 55.8 Å². The van der Waals surface area contributed by atoms with Crippen LogP contribution in [0.2, 0.25) is 0 Å². The van der Waals surface area contributed by atoms with Crippen molar-refractivity contribution in [3.8, 4) is 11.5 Å². The van der Waals surface area contributed by atoms with Crippen LogP contribution in [0.4, 0.5) is 0 Å². The molecule has 1 aromatic carbocycles. The smallest absolute Gasteiger partial charge is 0.313 e. The van der Waals surface area contributed by atoms with Crippen LogP contribution < -0.4 is 9.47 Å². The number of carbonyl (C=O) groups is 1. The molecule has 0 spiro atoms. The van der Waals surface area contributed by atoms with Crippen molar-refractivity contribution in [1.82, 2.24) is 0 Å². The maximum Gasteiger partial charge on any atom is 0.313 e. The average molecular weight is 242 g/mol. The van der Waals surface area contributed by atoms with Crippen LogP contribution in [0.3, 0.4) is 0 Å². The molecule has 0 fully saturated rings. The molecule has 16 heavy (non-hydrogen) atoms. The Kier molecular flexibility index (Phi) is 4.98. The monoisotopic (exact) mass is 242 g/mol. The van der Waals surface area contributed by atoms with Gasteiger partial charge in [-0.1, -0.05) is 12.1 Å². The molecule has 0 aliphatic carbocycles. The molecule has 0 bridgehead atoms. The number of thioether (sulfide) groups is 1. The fourth-order valence-electron chi connectivity index (χ4n) is 1.32. The van der Waals surface area contributed by atoms with Crippen LogP contribution in [0.25, 0.3) is 0 Å². The fourth-order valence-corrected chi connectivity index (χ4v) is 2.04. The molecule has 0 saturated heterocycles. The number of hydrogen-bond acceptors (Lipinski definition) is 4. The molecule has 1 rings (SSSR count). The highest BCUT2D eigenvalue weighted by Crippen LogP contribution is 2.32. The fraction of sp³-hybridized carbons (Fsp3) is 0.364. The number of methoxy groups -OCH3 is 2. The normalized spacial score (nSPS) is 9.88. The minimum atomic E-state index is -0.813. The summed E-state index contributed by atoms with van der Waals surface area (Å²) in [6, 6.07) is 5.57. The molecule has 0 atom stereocenters. The molecular formula is C11H14O4S. The van der Waals surface area contributed by atoms with Crippen molar-refractivity contribution in [3.05, 3.63) is 23.8 Å². The van der Waals surface area contributed by atoms with E-state index >= 15 is 0 Å². The van der Waals surface area contributed by atoms with E-state index in [2.05, 4.69) is 0 Å². The summed E-state index contributed by atoms with van der Waals surface area (Å²) in [6.45, 7) is 0. The van der Waals surface area contributed by atoms with Gasteiger partial charge >= 0.3 is 5.97 Å². The second-order valence-corrected chi connectivity index (χ2v) is 4.02. The number of carboxylic acids is 1. The Hall–Kier alpha value is -1.36. The molecule has 88 valence electrons. The standard InChI is InChI=1S/C11H14O4S/c1-14-9-5-3-4-8(11(9)15-2)6-16-7-10(12)13/h3-5H,6-7H2,1-2H3,(H,12,13). The summed E-state index contributed by atoms with van der Waals surface area (Å²) < 4.78 is 10.4. The van der Waals surface area contributed by atoms with Crippen molar-refractivity contribution < 1.29 is 19.4 Å². The molecule has 4 nitrogen and oxygen atoms in total. The lowest BCUT2D eigenvalue weighted by atomic mass is 10.2. The van der Waals surface area contributed by atoms with Crippen molar-refractivity contribution in [1.29, 1.82) is 0 Å². The van der Waals surface area contributed by atoms with E-state index < -0.39 is 5.97 Å². The number of carboxylic acid groups (broad SMARTS) is 1. The van der Waals surface area contributed by atoms with Gasteiger partial charge in [-0.3, -0.25) is 4.79 Å². The van der Waals surface area contributed by atoms with Gasteiger partial charge in [0, 0.05) is 11.3 Å². The van der Waals surface area contributed by atoms with Gasteiger partial charge < -0.3 is 14.6 Å². The van der Waals surface area contributed by atoms with Crippen molar-refractivity contribution in [3.63, 3.8) is 0 Å². The minimum absolute atomic E-state index is 0.0837. The van der Waals surface area contributed by atoms with E-state index in [4.69, 9.17) is 14.6 Å². The minimum Gasteiger partial charge on any atom is -0.493 e. The number of hydrogen-bond donors (Lipinski definition) is 1. The lowest BCUT2D eigenvalue weighted by Crippen LogP contribution is -1.99. The van der Waals surface area contributed by atoms with Crippen LogP contribution in [0.1, 0.15) is 5.56 Å². The highest BCUT2D eigenvalue weighted by atomic mass is 32.2. The lowest BCUT2D eigenvalue weighted by molar-refractivity contribution is -0.133. The molecule has 0 aliphatic heterocycles. The Morgan fingerprint density at radius 2 is 2.12 bits per heavy atom. The maximum absolute atomic E-state index is 10.4. The zero-order valence-corrected chi connectivity index (χ0v) is 10.0. The molecule has 0 aromatic heterocycles. The summed E-state index contributed by atoms with van der Waals surface area (Å²) in [4.78, 5) is 10.4. The largest absolute Gasteiger partial charge is 0.493 e. The van der Waals surface area contributed by atoms with Crippen LogP contribution in [-0.4, -0.2) is 31.0 Å². The highest BCUT2D eigenvalue weighted by Gasteiger charge is 2.09. The second-order valence-electron chi connectivity index (χ2n) is 3.04. The summed E-state index contributed by atoms with van der Waals surface area (Å²) in [5.41, 5.74) is 0.938. The number of aliphatic carboxylic acids is 1. The number of rotatable bonds is 6. The van der Waals surface area contributed by atoms with E-state index in [9.17, 15) is 4.79 Å². The lowest BCUT2D eigenvalue weighted by Gasteiger charge is -2.11. The predicted molar refractivity (Wildman–Crippen MR) is 63.3 cm³/mol. The van der Waals surface area contributed by atoms with Crippen LogP contribution in [0.5, 0.6) is 11.5 Å². The van der Waals surface area contributed by atoms with Crippen LogP contribution in [0.15, 0.2) is 18.2 Å². The van der Waals surface area contributed by atoms with E-state index in [1.165, 1.54) is 11.8 Å². The van der Waals surface area contributed by atoms with Crippen LogP contribution in [0, 0.1) is 0 Å². The van der Waals surface area contributed by atoms with Gasteiger partial charge in [0.25, 0.3) is 0 Å². The van der Waals surface area contributed by atoms with Gasteiger partial charge in [0.1, 0.15) is 0 Å². The van der Waals surface area contributed by atoms with E-state index in [-0.39, 0.29) is 5.75 Å². The van der Waals surface area contributed by atoms with E-state index in [1.54, 1.807) is 14.2 Å². The maximum atomic E-state index is 10.4. The van der Waals surface area contributed by atoms with Crippen molar-refractivity contribution in [2.45, 2.75) is 5.75 Å². The van der Waals surface area contributed by atoms with Gasteiger partial charge in [0.2, 0.25) is 0 Å². The molecule has 0 saturated carbocycles. The molecule has 0 unspecified atom stereocenters. The predicted octanol–water partition coefficient (Wildman–Crippen LogP) is 2.02. The first-order valence-electron chi connectivity index (χ1n) is 4.68. The summed E-state index contributed by atoms with van der Waals surface area (Å²) in [6.07, 6.45) is 0. The third-order valence-corrected chi connectivity index (χ3v) is 2.93. The van der Waals surface area contributed by atoms with E-state index in [0.717, 1.165) is 5.56 Å². The third-order valence-electron chi connectivity index (χ3n) is 1.97. The first-order valence-corrected chi connectivity index (χ1v) is 5.84. The molecule has 1 aromatic rings. The van der Waals surface area contributed by atoms with Crippen molar-refractivity contribution >= 4 is 17.7 Å². The van der Waals surface area contributed by atoms with Crippen LogP contribution >= 0.6 is 11.8 Å². The molecule has 5 heteroatoms. The molecule has 0 amide bonds. The summed E-state index contributed by atoms with van der Waals surface area (Å²) in [5, 5.41) is 8.54. The molecule has 0 heterocycles. The van der Waals surface area contributed by atoms with Gasteiger partial charge in [-0.25, -0.2) is 0 Å². The zero-order chi connectivity index (χ0) is 12.0. The first-order chi connectivity index (χ1) is 7.69. The third kappa shape index (κ3) is 3.34. The average Bonchev–Trinajstić information content (AvgIpc) is 2.28.